The second-order valence-electron chi connectivity index (χ2n) is 7.07. The average molecular weight is 357 g/mol. The van der Waals surface area contributed by atoms with E-state index in [9.17, 15) is 29.7 Å². The van der Waals surface area contributed by atoms with E-state index in [2.05, 4.69) is 4.98 Å². The number of amides is 1. The smallest absolute Gasteiger partial charge is 0.412 e. The van der Waals surface area contributed by atoms with Crippen LogP contribution < -0.4 is 11.2 Å². The van der Waals surface area contributed by atoms with Crippen molar-refractivity contribution in [3.05, 3.63) is 32.6 Å². The van der Waals surface area contributed by atoms with E-state index in [0.717, 1.165) is 9.47 Å². The van der Waals surface area contributed by atoms with Gasteiger partial charge in [0.15, 0.2) is 0 Å². The van der Waals surface area contributed by atoms with Crippen LogP contribution in [0.5, 0.6) is 0 Å². The Kier molecular flexibility index (Phi) is 5.07. The number of hydrogen-bond acceptors (Lipinski definition) is 7. The molecule has 1 aliphatic heterocycles. The predicted molar refractivity (Wildman–Crippen MR) is 86.1 cm³/mol. The molecule has 1 saturated heterocycles. The predicted octanol–water partition coefficient (Wildman–Crippen LogP) is -1.32. The molecule has 4 N–H and O–H groups in total. The molecule has 1 aromatic heterocycles. The van der Waals surface area contributed by atoms with Gasteiger partial charge in [-0.05, 0) is 27.7 Å². The summed E-state index contributed by atoms with van der Waals surface area (Å²) in [5.41, 5.74) is -2.14. The standard InChI is InChI=1S/C15H23N3O7/c1-7-5-17(13(23)16-11(7)22)12-10(21)9(20)8(19)6-18(12)14(24)25-15(2,3)4/h5,8-10,12,19-21H,6H2,1-4H3,(H,16,22,23)/t8-,9+,10-,12+/m0/s1. The van der Waals surface area contributed by atoms with Gasteiger partial charge in [0.05, 0.1) is 6.54 Å². The number of likely N-dealkylation sites (tertiary alicyclic amines) is 1. The van der Waals surface area contributed by atoms with Crippen LogP contribution in [0, 0.1) is 6.92 Å². The highest BCUT2D eigenvalue weighted by atomic mass is 16.6. The Balaban J connectivity index is 2.52. The Bertz CT molecular complexity index is 764. The van der Waals surface area contributed by atoms with Gasteiger partial charge in [0.2, 0.25) is 0 Å². The number of rotatable bonds is 1. The molecule has 0 aliphatic carbocycles. The summed E-state index contributed by atoms with van der Waals surface area (Å²) in [6.45, 7) is 6.02. The molecule has 1 aromatic rings. The second kappa shape index (κ2) is 6.62. The van der Waals surface area contributed by atoms with Gasteiger partial charge < -0.3 is 20.1 Å². The molecule has 0 saturated carbocycles. The number of aromatic nitrogens is 2. The molecule has 0 radical (unpaired) electrons. The molecule has 140 valence electrons. The number of aliphatic hydroxyl groups excluding tert-OH is 3. The Labute approximate surface area is 143 Å². The van der Waals surface area contributed by atoms with Crippen LogP contribution in [0.25, 0.3) is 0 Å². The number of hydrogen-bond donors (Lipinski definition) is 4. The summed E-state index contributed by atoms with van der Waals surface area (Å²) in [5.74, 6) is 0. The number of H-pyrrole nitrogens is 1. The lowest BCUT2D eigenvalue weighted by atomic mass is 9.98. The number of piperidine rings is 1. The average Bonchev–Trinajstić information content (AvgIpc) is 2.47. The summed E-state index contributed by atoms with van der Waals surface area (Å²) < 4.78 is 6.18. The van der Waals surface area contributed by atoms with Crippen molar-refractivity contribution in [2.75, 3.05) is 6.54 Å². The van der Waals surface area contributed by atoms with E-state index in [0.29, 0.717) is 0 Å². The minimum atomic E-state index is -1.67. The molecule has 1 fully saturated rings. The lowest BCUT2D eigenvalue weighted by molar-refractivity contribution is -0.152. The van der Waals surface area contributed by atoms with E-state index in [-0.39, 0.29) is 12.1 Å². The first kappa shape index (κ1) is 19.2. The number of ether oxygens (including phenoxy) is 1. The van der Waals surface area contributed by atoms with Crippen molar-refractivity contribution in [1.29, 1.82) is 0 Å². The van der Waals surface area contributed by atoms with Crippen molar-refractivity contribution in [3.63, 3.8) is 0 Å². The molecule has 0 spiro atoms. The fourth-order valence-electron chi connectivity index (χ4n) is 2.61. The third-order valence-corrected chi connectivity index (χ3v) is 3.81. The van der Waals surface area contributed by atoms with E-state index in [1.807, 2.05) is 0 Å². The monoisotopic (exact) mass is 357 g/mol. The van der Waals surface area contributed by atoms with Gasteiger partial charge >= 0.3 is 11.8 Å². The minimum absolute atomic E-state index is 0.177. The molecule has 4 atom stereocenters. The Morgan fingerprint density at radius 1 is 1.24 bits per heavy atom. The molecule has 2 rings (SSSR count). The van der Waals surface area contributed by atoms with Crippen molar-refractivity contribution >= 4 is 6.09 Å². The van der Waals surface area contributed by atoms with Gasteiger partial charge in [0.1, 0.15) is 30.1 Å². The van der Waals surface area contributed by atoms with Crippen molar-refractivity contribution in [1.82, 2.24) is 14.5 Å². The van der Waals surface area contributed by atoms with Gasteiger partial charge in [-0.25, -0.2) is 9.59 Å². The highest BCUT2D eigenvalue weighted by molar-refractivity contribution is 5.68. The number of aliphatic hydroxyl groups is 3. The van der Waals surface area contributed by atoms with Gasteiger partial charge in [0.25, 0.3) is 5.56 Å². The number of nitrogens with zero attached hydrogens (tertiary/aromatic N) is 2. The van der Waals surface area contributed by atoms with Crippen molar-refractivity contribution < 1.29 is 24.9 Å². The van der Waals surface area contributed by atoms with Crippen LogP contribution >= 0.6 is 0 Å². The summed E-state index contributed by atoms with van der Waals surface area (Å²) in [4.78, 5) is 39.2. The highest BCUT2D eigenvalue weighted by Crippen LogP contribution is 2.28. The van der Waals surface area contributed by atoms with Crippen LogP contribution in [0.4, 0.5) is 4.79 Å². The number of carbonyl (C=O) groups excluding carboxylic acids is 1. The number of aryl methyl sites for hydroxylation is 1. The molecule has 0 aromatic carbocycles. The minimum Gasteiger partial charge on any atom is -0.444 e. The Morgan fingerprint density at radius 3 is 2.40 bits per heavy atom. The maximum absolute atomic E-state index is 12.5. The van der Waals surface area contributed by atoms with E-state index in [4.69, 9.17) is 4.74 Å². The normalized spacial score (nSPS) is 27.2. The van der Waals surface area contributed by atoms with Crippen LogP contribution in [0.15, 0.2) is 15.8 Å². The molecule has 10 heteroatoms. The molecule has 1 amide bonds. The molecular weight excluding hydrogens is 334 g/mol. The fourth-order valence-corrected chi connectivity index (χ4v) is 2.61. The lowest BCUT2D eigenvalue weighted by Crippen LogP contribution is -2.62. The van der Waals surface area contributed by atoms with Crippen LogP contribution in [0.3, 0.4) is 0 Å². The zero-order chi connectivity index (χ0) is 19.1. The van der Waals surface area contributed by atoms with Crippen molar-refractivity contribution in [3.8, 4) is 0 Å². The summed E-state index contributed by atoms with van der Waals surface area (Å²) in [5, 5.41) is 30.2. The summed E-state index contributed by atoms with van der Waals surface area (Å²) in [7, 11) is 0. The van der Waals surface area contributed by atoms with E-state index in [1.54, 1.807) is 20.8 Å². The number of β-amino-alcohol motifs (C(OH)–C–C–N with tert-alkyl or cyclic N) is 1. The first-order valence-corrected chi connectivity index (χ1v) is 7.78. The first-order valence-electron chi connectivity index (χ1n) is 7.78. The molecule has 0 bridgehead atoms. The van der Waals surface area contributed by atoms with Gasteiger partial charge in [-0.1, -0.05) is 0 Å². The maximum Gasteiger partial charge on any atom is 0.412 e. The van der Waals surface area contributed by atoms with Crippen molar-refractivity contribution in [2.24, 2.45) is 0 Å². The van der Waals surface area contributed by atoms with Crippen molar-refractivity contribution in [2.45, 2.75) is 57.8 Å². The fraction of sp³-hybridized carbons (Fsp3) is 0.667. The van der Waals surface area contributed by atoms with Gasteiger partial charge in [-0.3, -0.25) is 19.2 Å². The third-order valence-electron chi connectivity index (χ3n) is 3.81. The van der Waals surface area contributed by atoms with Gasteiger partial charge in [-0.2, -0.15) is 0 Å². The van der Waals surface area contributed by atoms with Crippen LogP contribution in [-0.2, 0) is 4.74 Å². The van der Waals surface area contributed by atoms with E-state index in [1.165, 1.54) is 13.1 Å². The van der Waals surface area contributed by atoms with Crippen LogP contribution in [-0.4, -0.2) is 66.3 Å². The van der Waals surface area contributed by atoms with E-state index < -0.39 is 47.4 Å². The first-order chi connectivity index (χ1) is 11.4. The Hall–Kier alpha value is -2.17. The highest BCUT2D eigenvalue weighted by Gasteiger charge is 2.46. The second-order valence-corrected chi connectivity index (χ2v) is 7.07. The van der Waals surface area contributed by atoms with E-state index >= 15 is 0 Å². The number of nitrogens with one attached hydrogen (secondary N) is 1. The summed E-state index contributed by atoms with van der Waals surface area (Å²) >= 11 is 0. The summed E-state index contributed by atoms with van der Waals surface area (Å²) in [6.07, 6.45) is -5.72. The molecule has 25 heavy (non-hydrogen) atoms. The van der Waals surface area contributed by atoms with Gasteiger partial charge in [-0.15, -0.1) is 0 Å². The SMILES string of the molecule is Cc1cn([C@H]2[C@@H](O)[C@H](O)[C@@H](O)CN2C(=O)OC(C)(C)C)c(=O)[nH]c1=O. The largest absolute Gasteiger partial charge is 0.444 e. The third kappa shape index (κ3) is 3.91. The van der Waals surface area contributed by atoms with Crippen LogP contribution in [0.2, 0.25) is 0 Å². The number of aromatic amines is 1. The molecular formula is C15H23N3O7. The molecule has 2 heterocycles. The van der Waals surface area contributed by atoms with Gasteiger partial charge in [0, 0.05) is 11.8 Å². The molecule has 10 nitrogen and oxygen atoms in total. The number of carbonyl (C=O) groups is 1. The topological polar surface area (TPSA) is 145 Å². The zero-order valence-corrected chi connectivity index (χ0v) is 14.5. The quantitative estimate of drug-likeness (QED) is 0.487. The maximum atomic E-state index is 12.5. The molecule has 1 aliphatic rings. The van der Waals surface area contributed by atoms with Crippen LogP contribution in [0.1, 0.15) is 32.5 Å². The zero-order valence-electron chi connectivity index (χ0n) is 14.5. The molecule has 0 unspecified atom stereocenters. The Morgan fingerprint density at radius 2 is 1.84 bits per heavy atom. The lowest BCUT2D eigenvalue weighted by Gasteiger charge is -2.44. The summed E-state index contributed by atoms with van der Waals surface area (Å²) in [6, 6.07) is 0.